The Kier molecular flexibility index (Phi) is 10.1. The van der Waals surface area contributed by atoms with Gasteiger partial charge in [-0.3, -0.25) is 4.90 Å². The number of hydrogen-bond acceptors (Lipinski definition) is 24. The highest BCUT2D eigenvalue weighted by atomic mass is 32.2. The van der Waals surface area contributed by atoms with Crippen LogP contribution in [0, 0.1) is 50.2 Å². The van der Waals surface area contributed by atoms with Crippen molar-refractivity contribution >= 4 is 92.9 Å². The topological polar surface area (TPSA) is 372 Å². The molecule has 8 N–H and O–H groups in total. The van der Waals surface area contributed by atoms with Crippen LogP contribution in [-0.2, 0) is 40.7 Å². The summed E-state index contributed by atoms with van der Waals surface area (Å²) in [6.07, 6.45) is 9.50. The summed E-state index contributed by atoms with van der Waals surface area (Å²) in [5.41, 5.74) is 9.05. The number of H-pyrrole nitrogens is 2. The molecule has 4 aromatic carbocycles. The summed E-state index contributed by atoms with van der Waals surface area (Å²) in [5, 5.41) is 18.1. The predicted molar refractivity (Wildman–Crippen MR) is 501 cm³/mol. The third-order valence-electron chi connectivity index (χ3n) is 18.4. The van der Waals surface area contributed by atoms with Gasteiger partial charge in [-0.05, 0) is 148 Å². The molecule has 2 saturated heterocycles. The molecule has 10 aromatic rings. The maximum atomic E-state index is 15.6. The van der Waals surface area contributed by atoms with Gasteiger partial charge in [-0.1, -0.05) is 31.7 Å². The first-order chi connectivity index (χ1) is 99.0. The second kappa shape index (κ2) is 30.1. The molecule has 8 heterocycles. The fourth-order valence-electron chi connectivity index (χ4n) is 12.5. The number of rotatable bonds is 14. The van der Waals surface area contributed by atoms with E-state index < -0.39 is 64.5 Å². The standard InChI is InChI=1S/C33H35FN4O8S2.C23H25FN8O.C11H20N2O2.C5H6N2O.CH4.50H2/c1-19-24(34)16-25(38(5)32(39)46-33(2,3)4)28-26(19)27-29(35-28)36-31(48(42,43)18-21-10-14-23(45-7)15-11-21)37-30(27)47(40,41)17-20-8-12-22(44-6)13-9-20;1-11-14(24)6-15(26-3)19-17(11)18-20(29-19)30-22(33-13-7-27-12(2)28-8-13)31-21(18)32-9-16(25)23(10-32)4-5-23;1-10(2,3)15-9(14)13-8-6-12-7-11(8)4-5-11;1-4-6-2-5(8)3-7-4;;;;;;;;;;;;;;;;;;;;;;;;;;;;;;;;;;;;;;;;;;;;;;;;;;;/h8-16H,17-18H2,1-7H3,(H,35,36,37);6-8,16,26H,4-5,9-10,25H2,1-3H3,(H,29,30,31);8,12H,4-7H2,1-3H3,(H,13,14);2-3,8H,1H3;1H4;50*1H/t;16-;8-;;;;;;;;;;;;;;;;;;;;;;;;;;;;;;;;;;;;;;;;;;;;;;;;;;;;/m.00..................................................../s1/i;;;;;50*1+1D. The number of amides is 2. The average molecular weight is 1690 g/mol. The molecule has 660 valence electrons. The Morgan fingerprint density at radius 3 is 1.76 bits per heavy atom. The molecule has 14 rings (SSSR count). The number of hydrogen-bond donors (Lipinski definition) is 7. The summed E-state index contributed by atoms with van der Waals surface area (Å²) in [4.78, 5) is 67.9. The van der Waals surface area contributed by atoms with Crippen molar-refractivity contribution in [3.05, 3.63) is 131 Å². The Balaban J connectivity index is -0.0000000388. The minimum atomic E-state index is -4.41. The molecule has 2 aliphatic carbocycles. The number of halogens is 2. The lowest BCUT2D eigenvalue weighted by atomic mass is 10.0. The molecular weight excluding hydrogens is 1400 g/mol. The van der Waals surface area contributed by atoms with Crippen LogP contribution in [0.3, 0.4) is 0 Å². The Hall–Kier alpha value is -10.2. The lowest BCUT2D eigenvalue weighted by molar-refractivity contribution is 0.0492. The van der Waals surface area contributed by atoms with Gasteiger partial charge in [0.2, 0.25) is 19.7 Å². The Bertz CT molecular complexity index is 5290. The quantitative estimate of drug-likeness (QED) is 0.0393. The number of aromatic amines is 2. The van der Waals surface area contributed by atoms with Crippen molar-refractivity contribution in [2.75, 3.05) is 69.6 Å². The lowest BCUT2D eigenvalue weighted by Crippen LogP contribution is -2.43. The zero-order valence-corrected chi connectivity index (χ0v) is 62.0. The molecule has 6 aromatic heterocycles. The first-order valence-corrected chi connectivity index (χ1v) is 36.9. The highest BCUT2D eigenvalue weighted by Crippen LogP contribution is 2.54. The Morgan fingerprint density at radius 1 is 0.714 bits per heavy atom. The largest absolute Gasteiger partial charge is 0.505 e. The van der Waals surface area contributed by atoms with E-state index in [0.717, 1.165) is 59.7 Å². The van der Waals surface area contributed by atoms with Crippen molar-refractivity contribution in [2.45, 2.75) is 147 Å². The number of aromatic hydroxyl groups is 1. The summed E-state index contributed by atoms with van der Waals surface area (Å²) in [6, 6.07) is 15.7. The number of nitrogens with zero attached hydrogens (tertiary/aromatic N) is 10. The molecule has 2 atom stereocenters. The van der Waals surface area contributed by atoms with Gasteiger partial charge < -0.3 is 65.3 Å². The van der Waals surface area contributed by atoms with Gasteiger partial charge >= 0.3 is 18.2 Å². The Labute approximate surface area is 762 Å². The maximum absolute atomic E-state index is 15.6. The van der Waals surface area contributed by atoms with Crippen molar-refractivity contribution in [1.82, 2.24) is 60.5 Å². The number of aryl methyl sites for hydroxylation is 4. The summed E-state index contributed by atoms with van der Waals surface area (Å²) in [7, 11) is -2.64. The van der Waals surface area contributed by atoms with Crippen LogP contribution in [0.5, 0.6) is 29.0 Å². The van der Waals surface area contributed by atoms with Crippen LogP contribution in [0.2, 0.25) is 0 Å². The van der Waals surface area contributed by atoms with E-state index in [-0.39, 0.29) is 81.8 Å². The first-order valence-electron chi connectivity index (χ1n) is 83.6. The summed E-state index contributed by atoms with van der Waals surface area (Å²) in [5.74, 6) is 1.46. The number of ether oxygens (including phenoxy) is 5. The van der Waals surface area contributed by atoms with Crippen molar-refractivity contribution in [3.63, 3.8) is 0 Å². The lowest BCUT2D eigenvalue weighted by Gasteiger charge is -2.25. The summed E-state index contributed by atoms with van der Waals surface area (Å²) in [6.45, 7) is 20.9. The van der Waals surface area contributed by atoms with E-state index >= 15 is 4.39 Å². The zero-order valence-electron chi connectivity index (χ0n) is 160. The third kappa shape index (κ3) is 17.3. The highest BCUT2D eigenvalue weighted by molar-refractivity contribution is 7.91. The second-order valence-electron chi connectivity index (χ2n) is 28.5. The monoisotopic (exact) mass is 1690 g/mol. The zero-order chi connectivity index (χ0) is 175. The molecule has 4 fully saturated rings. The second-order valence-corrected chi connectivity index (χ2v) is 32.3. The van der Waals surface area contributed by atoms with Crippen molar-refractivity contribution in [2.24, 2.45) is 16.6 Å². The maximum Gasteiger partial charge on any atom is 0.414 e. The van der Waals surface area contributed by atoms with Gasteiger partial charge in [0, 0.05) is 222 Å². The van der Waals surface area contributed by atoms with Gasteiger partial charge in [0.15, 0.2) is 16.5 Å². The van der Waals surface area contributed by atoms with Crippen LogP contribution in [0.25, 0.3) is 43.9 Å². The fourth-order valence-corrected chi connectivity index (χ4v) is 15.3. The predicted octanol–water partition coefficient (Wildman–Crippen LogP) is 24.0. The van der Waals surface area contributed by atoms with Crippen LogP contribution >= 0.6 is 0 Å². The first kappa shape index (κ1) is 35.3. The normalized spacial score (nSPS) is 20.1. The number of anilines is 3. The van der Waals surface area contributed by atoms with Gasteiger partial charge in [0.05, 0.1) is 89.7 Å². The van der Waals surface area contributed by atoms with E-state index in [2.05, 4.69) is 65.7 Å². The van der Waals surface area contributed by atoms with Gasteiger partial charge in [0.1, 0.15) is 63.1 Å². The van der Waals surface area contributed by atoms with Crippen LogP contribution in [0.15, 0.2) is 95.6 Å². The molecular formula is C73H190F2N16O12S2. The van der Waals surface area contributed by atoms with Crippen molar-refractivity contribution in [3.8, 4) is 29.0 Å². The molecule has 0 unspecified atom stereocenters. The van der Waals surface area contributed by atoms with Gasteiger partial charge in [-0.2, -0.15) is 9.97 Å². The van der Waals surface area contributed by atoms with E-state index in [0.29, 0.717) is 74.7 Å². The third-order valence-corrected chi connectivity index (χ3v) is 21.5. The van der Waals surface area contributed by atoms with Gasteiger partial charge in [-0.25, -0.2) is 65.1 Å². The Morgan fingerprint density at radius 2 is 1.24 bits per heavy atom. The number of sulfone groups is 2. The summed E-state index contributed by atoms with van der Waals surface area (Å²) >= 11 is 0. The molecule has 2 amide bonds. The molecule has 2 aliphatic heterocycles. The average Bonchev–Trinajstić information content (AvgIpc) is 1.56. The van der Waals surface area contributed by atoms with Crippen molar-refractivity contribution in [1.29, 1.82) is 0 Å². The minimum Gasteiger partial charge on any atom is -0.505 e. The molecule has 0 bridgehead atoms. The number of aromatic nitrogens is 10. The van der Waals surface area contributed by atoms with E-state index in [1.165, 1.54) is 59.5 Å². The molecule has 32 heteroatoms. The van der Waals surface area contributed by atoms with E-state index in [1.54, 1.807) is 110 Å². The summed E-state index contributed by atoms with van der Waals surface area (Å²) < 4.78 is 613. The molecule has 2 spiro atoms. The van der Waals surface area contributed by atoms with Gasteiger partial charge in [-0.15, -0.1) is 0 Å². The number of nitrogens with one attached hydrogen (secondary N) is 5. The SMILES string of the molecule is C.CC(C)(C)OC(=O)N[C@H]1CNCC12CC2.CNc1cc(F)c(C)c2c1[nH]c1nc(Oc3cnc(C)nc3)nc(N3C[C@H](N)C4(CC4)C3)c12.COc1ccc(CS(=O)(=O)c2nc(S(=O)(=O)Cc3ccc(OC)cc3)c3c(n2)[nH]c2c(N(C)C(=O)OC(C)(C)C)cc(F)c(C)c23)cc1.Cc1ncc(O)cn1.[2H][2H].[2H][2H].[2H][2H].[2H][2H].[2H][2H].[2H][2H].[2H][2H].[2H][2H].[2H][2H].[2H][2H].[2H][2H].[2H][2H].[2H][2H].[2H][2H].[2H][2H].[2H][2H].[2H][2H].[2H][2H].[2H][2H].[2H][2H].[2H][2H].[2H][2H].[2H][2H].[2H][2H].[2H][2H].[2H][2H].[2H][2H].[2H][2H].[2H][2H].[2H][2H].[2H][2H].[2H][2H].[2H][2H].[2H][2H].[2H][2H].[2H][2H].[2H][2H].[2H][2H].[2H][2H].[2H][2H].[2H][2H].[2H][2H].[2H][2H].[2H][2H].[2H][2H].[2H][2H].[2H][2H].[2H][2H].[2H][2H].[2H][2H]. The van der Waals surface area contributed by atoms with Crippen LogP contribution in [0.4, 0.5) is 35.6 Å². The molecule has 28 nitrogen and oxygen atoms in total. The fraction of sp³-hybridized carbons (Fsp3) is 0.425. The minimum absolute atomic E-state index is 0. The highest BCUT2D eigenvalue weighted by Gasteiger charge is 2.55. The van der Waals surface area contributed by atoms with E-state index in [1.807, 2.05) is 20.8 Å². The number of benzene rings is 4. The molecule has 2 saturated carbocycles. The number of carbonyl (C=O) groups excluding carboxylic acids is 2. The smallest absolute Gasteiger partial charge is 0.414 e. The number of carbonyl (C=O) groups is 2. The number of methoxy groups -OCH3 is 2. The molecule has 4 aliphatic rings. The van der Waals surface area contributed by atoms with E-state index in [4.69, 9.17) is 188 Å². The van der Waals surface area contributed by atoms with Crippen LogP contribution in [0.1, 0.15) is 257 Å². The number of fused-ring (bicyclic) bond motifs is 6. The number of alkyl carbamates (subject to hydrolysis) is 1. The van der Waals surface area contributed by atoms with Crippen LogP contribution in [-0.4, -0.2) is 162 Å². The number of nitrogens with two attached hydrogens (primary N) is 1. The van der Waals surface area contributed by atoms with Crippen LogP contribution < -0.4 is 45.7 Å². The van der Waals surface area contributed by atoms with Crippen molar-refractivity contribution < 1.29 is 212 Å². The molecule has 105 heavy (non-hydrogen) atoms. The van der Waals surface area contributed by atoms with Gasteiger partial charge in [0.25, 0.3) is 5.16 Å². The van der Waals surface area contributed by atoms with E-state index in [9.17, 15) is 30.8 Å². The molecule has 0 radical (unpaired) electrons.